The lowest BCUT2D eigenvalue weighted by Crippen LogP contribution is -2.38. The zero-order valence-corrected chi connectivity index (χ0v) is 11.4. The first kappa shape index (κ1) is 13.2. The van der Waals surface area contributed by atoms with Gasteiger partial charge in [-0.3, -0.25) is 4.79 Å². The Morgan fingerprint density at radius 1 is 1.56 bits per heavy atom. The van der Waals surface area contributed by atoms with Crippen LogP contribution in [0.15, 0.2) is 18.2 Å². The summed E-state index contributed by atoms with van der Waals surface area (Å²) >= 11 is 6.22. The first-order valence-electron chi connectivity index (χ1n) is 6.28. The summed E-state index contributed by atoms with van der Waals surface area (Å²) in [6.45, 7) is 4.26. The van der Waals surface area contributed by atoms with Crippen LogP contribution in [-0.4, -0.2) is 23.2 Å². The lowest BCUT2D eigenvalue weighted by atomic mass is 10.1. The van der Waals surface area contributed by atoms with Gasteiger partial charge in [-0.2, -0.15) is 0 Å². The minimum absolute atomic E-state index is 0.208. The number of halogens is 1. The van der Waals surface area contributed by atoms with E-state index in [1.54, 1.807) is 0 Å². The van der Waals surface area contributed by atoms with Crippen molar-refractivity contribution in [3.05, 3.63) is 28.8 Å². The number of fused-ring (bicyclic) bond motifs is 1. The molecule has 1 N–H and O–H groups in total. The Morgan fingerprint density at radius 3 is 2.89 bits per heavy atom. The highest BCUT2D eigenvalue weighted by atomic mass is 35.5. The van der Waals surface area contributed by atoms with Gasteiger partial charge >= 0.3 is 5.97 Å². The quantitative estimate of drug-likeness (QED) is 0.910. The molecule has 18 heavy (non-hydrogen) atoms. The van der Waals surface area contributed by atoms with Gasteiger partial charge < -0.3 is 10.0 Å². The summed E-state index contributed by atoms with van der Waals surface area (Å²) in [5.74, 6) is -0.735. The van der Waals surface area contributed by atoms with Crippen molar-refractivity contribution in [1.82, 2.24) is 0 Å². The highest BCUT2D eigenvalue weighted by Gasteiger charge is 2.32. The molecule has 2 rings (SSSR count). The minimum Gasteiger partial charge on any atom is -0.481 e. The van der Waals surface area contributed by atoms with Crippen molar-refractivity contribution in [1.29, 1.82) is 0 Å². The Morgan fingerprint density at radius 2 is 2.28 bits per heavy atom. The monoisotopic (exact) mass is 267 g/mol. The highest BCUT2D eigenvalue weighted by molar-refractivity contribution is 6.31. The smallest absolute Gasteiger partial charge is 0.303 e. The average Bonchev–Trinajstić information content (AvgIpc) is 2.66. The average molecular weight is 268 g/mol. The second kappa shape index (κ2) is 5.19. The van der Waals surface area contributed by atoms with E-state index < -0.39 is 5.97 Å². The lowest BCUT2D eigenvalue weighted by Gasteiger charge is -2.31. The van der Waals surface area contributed by atoms with E-state index in [0.29, 0.717) is 12.5 Å². The van der Waals surface area contributed by atoms with Crippen LogP contribution in [0.2, 0.25) is 5.02 Å². The van der Waals surface area contributed by atoms with Gasteiger partial charge in [-0.05, 0) is 44.4 Å². The molecule has 0 saturated carbocycles. The largest absolute Gasteiger partial charge is 0.481 e. The molecule has 1 aliphatic heterocycles. The number of benzene rings is 1. The first-order chi connectivity index (χ1) is 8.50. The zero-order valence-electron chi connectivity index (χ0n) is 10.7. The molecule has 98 valence electrons. The van der Waals surface area contributed by atoms with E-state index in [9.17, 15) is 4.79 Å². The summed E-state index contributed by atoms with van der Waals surface area (Å²) in [4.78, 5) is 13.0. The van der Waals surface area contributed by atoms with Crippen molar-refractivity contribution in [2.24, 2.45) is 0 Å². The molecule has 3 nitrogen and oxygen atoms in total. The van der Waals surface area contributed by atoms with Gasteiger partial charge in [0.15, 0.2) is 0 Å². The fraction of sp³-hybridized carbons (Fsp3) is 0.500. The number of anilines is 1. The predicted octanol–water partition coefficient (Wildman–Crippen LogP) is 3.34. The van der Waals surface area contributed by atoms with Gasteiger partial charge in [0.2, 0.25) is 0 Å². The number of rotatable bonds is 4. The molecule has 0 radical (unpaired) electrons. The van der Waals surface area contributed by atoms with Gasteiger partial charge in [0.05, 0.1) is 0 Å². The molecule has 0 amide bonds. The summed E-state index contributed by atoms with van der Waals surface area (Å²) in [6, 6.07) is 6.52. The molecule has 0 spiro atoms. The summed E-state index contributed by atoms with van der Waals surface area (Å²) in [7, 11) is 0. The predicted molar refractivity (Wildman–Crippen MR) is 73.4 cm³/mol. The summed E-state index contributed by atoms with van der Waals surface area (Å²) in [5.41, 5.74) is 2.32. The van der Waals surface area contributed by atoms with Crippen LogP contribution in [0.4, 0.5) is 5.69 Å². The second-order valence-electron chi connectivity index (χ2n) is 5.03. The molecule has 0 bridgehead atoms. The first-order valence-corrected chi connectivity index (χ1v) is 6.66. The van der Waals surface area contributed by atoms with Crippen LogP contribution in [0.5, 0.6) is 0 Å². The van der Waals surface area contributed by atoms with E-state index in [2.05, 4.69) is 24.8 Å². The lowest BCUT2D eigenvalue weighted by molar-refractivity contribution is -0.137. The molecule has 0 fully saturated rings. The molecule has 0 saturated heterocycles. The van der Waals surface area contributed by atoms with E-state index in [1.807, 2.05) is 12.1 Å². The van der Waals surface area contributed by atoms with Gasteiger partial charge in [0.1, 0.15) is 0 Å². The third-order valence-electron chi connectivity index (χ3n) is 3.45. The van der Waals surface area contributed by atoms with Crippen LogP contribution in [0.25, 0.3) is 0 Å². The van der Waals surface area contributed by atoms with E-state index >= 15 is 0 Å². The number of aliphatic carboxylic acids is 1. The maximum atomic E-state index is 10.7. The maximum Gasteiger partial charge on any atom is 0.303 e. The Kier molecular flexibility index (Phi) is 3.81. The Bertz CT molecular complexity index is 459. The van der Waals surface area contributed by atoms with Crippen molar-refractivity contribution in [2.75, 3.05) is 4.90 Å². The molecule has 1 atom stereocenters. The Labute approximate surface area is 112 Å². The minimum atomic E-state index is -0.735. The van der Waals surface area contributed by atoms with Gasteiger partial charge in [-0.1, -0.05) is 17.7 Å². The molecule has 0 aromatic heterocycles. The highest BCUT2D eigenvalue weighted by Crippen LogP contribution is 2.39. The Balaban J connectivity index is 2.25. The van der Waals surface area contributed by atoms with Gasteiger partial charge in [-0.15, -0.1) is 0 Å². The van der Waals surface area contributed by atoms with Gasteiger partial charge in [-0.25, -0.2) is 0 Å². The maximum absolute atomic E-state index is 10.7. The number of carboxylic acid groups (broad SMARTS) is 1. The second-order valence-corrected chi connectivity index (χ2v) is 5.44. The fourth-order valence-corrected chi connectivity index (χ4v) is 3.00. The summed E-state index contributed by atoms with van der Waals surface area (Å²) in [5, 5.41) is 9.61. The molecular formula is C14H18ClNO2. The number of hydrogen-bond acceptors (Lipinski definition) is 2. The Hall–Kier alpha value is -1.22. The normalized spacial score (nSPS) is 18.2. The fourth-order valence-electron chi connectivity index (χ4n) is 2.75. The molecule has 1 heterocycles. The van der Waals surface area contributed by atoms with Crippen molar-refractivity contribution < 1.29 is 9.90 Å². The van der Waals surface area contributed by atoms with Crippen LogP contribution in [0.3, 0.4) is 0 Å². The van der Waals surface area contributed by atoms with Crippen LogP contribution >= 0.6 is 11.6 Å². The molecule has 1 aromatic carbocycles. The third-order valence-corrected chi connectivity index (χ3v) is 3.81. The SMILES string of the molecule is CC(C)N1c2cccc(Cl)c2CC1CCC(=O)O. The molecule has 1 aliphatic rings. The van der Waals surface area contributed by atoms with Gasteiger partial charge in [0, 0.05) is 29.2 Å². The zero-order chi connectivity index (χ0) is 13.3. The van der Waals surface area contributed by atoms with Crippen LogP contribution in [0.1, 0.15) is 32.3 Å². The molecular weight excluding hydrogens is 250 g/mol. The molecule has 0 aliphatic carbocycles. The standard InChI is InChI=1S/C14H18ClNO2/c1-9(2)16-10(6-7-14(17)18)8-11-12(15)4-3-5-13(11)16/h3-5,9-10H,6-8H2,1-2H3,(H,17,18). The van der Waals surface area contributed by atoms with E-state index in [0.717, 1.165) is 22.7 Å². The van der Waals surface area contributed by atoms with E-state index in [-0.39, 0.29) is 12.5 Å². The molecule has 1 unspecified atom stereocenters. The van der Waals surface area contributed by atoms with Crippen molar-refractivity contribution >= 4 is 23.3 Å². The summed E-state index contributed by atoms with van der Waals surface area (Å²) < 4.78 is 0. The van der Waals surface area contributed by atoms with Crippen LogP contribution < -0.4 is 4.90 Å². The molecule has 1 aromatic rings. The summed E-state index contributed by atoms with van der Waals surface area (Å²) in [6.07, 6.45) is 1.72. The number of carbonyl (C=O) groups is 1. The van der Waals surface area contributed by atoms with Crippen LogP contribution in [-0.2, 0) is 11.2 Å². The van der Waals surface area contributed by atoms with E-state index in [4.69, 9.17) is 16.7 Å². The van der Waals surface area contributed by atoms with Crippen molar-refractivity contribution in [2.45, 2.75) is 45.2 Å². The van der Waals surface area contributed by atoms with Gasteiger partial charge in [0.25, 0.3) is 0 Å². The van der Waals surface area contributed by atoms with E-state index in [1.165, 1.54) is 0 Å². The van der Waals surface area contributed by atoms with Crippen molar-refractivity contribution in [3.63, 3.8) is 0 Å². The number of nitrogens with zero attached hydrogens (tertiary/aromatic N) is 1. The number of hydrogen-bond donors (Lipinski definition) is 1. The third kappa shape index (κ3) is 2.46. The number of carboxylic acids is 1. The van der Waals surface area contributed by atoms with Crippen LogP contribution in [0, 0.1) is 0 Å². The topological polar surface area (TPSA) is 40.5 Å². The van der Waals surface area contributed by atoms with Crippen molar-refractivity contribution in [3.8, 4) is 0 Å². The molecule has 4 heteroatoms.